The van der Waals surface area contributed by atoms with E-state index in [0.717, 1.165) is 42.9 Å². The van der Waals surface area contributed by atoms with Crippen molar-refractivity contribution in [1.82, 2.24) is 4.98 Å². The Hall–Kier alpha value is -1.09. The number of aryl methyl sites for hydroxylation is 1. The summed E-state index contributed by atoms with van der Waals surface area (Å²) in [6.45, 7) is 4.45. The Labute approximate surface area is 122 Å². The van der Waals surface area contributed by atoms with E-state index in [1.165, 1.54) is 19.3 Å². The van der Waals surface area contributed by atoms with Crippen LogP contribution in [0.4, 0.5) is 0 Å². The van der Waals surface area contributed by atoms with Crippen molar-refractivity contribution in [2.45, 2.75) is 71.5 Å². The van der Waals surface area contributed by atoms with Gasteiger partial charge in [0.2, 0.25) is 5.88 Å². The lowest BCUT2D eigenvalue weighted by molar-refractivity contribution is 0.116. The van der Waals surface area contributed by atoms with Gasteiger partial charge in [0.25, 0.3) is 0 Å². The van der Waals surface area contributed by atoms with Crippen molar-refractivity contribution in [2.24, 2.45) is 5.92 Å². The Kier molecular flexibility index (Phi) is 5.84. The maximum absolute atomic E-state index is 9.36. The van der Waals surface area contributed by atoms with Gasteiger partial charge in [-0.05, 0) is 43.2 Å². The lowest BCUT2D eigenvalue weighted by atomic mass is 9.85. The Morgan fingerprint density at radius 1 is 1.30 bits per heavy atom. The molecule has 1 aromatic heterocycles. The lowest BCUT2D eigenvalue weighted by Crippen LogP contribution is -2.25. The van der Waals surface area contributed by atoms with Gasteiger partial charge in [-0.15, -0.1) is 0 Å². The highest BCUT2D eigenvalue weighted by molar-refractivity contribution is 5.25. The SMILES string of the molecule is CCCc1cc(CO)cc(OC2CCCC(CC)C2)n1. The van der Waals surface area contributed by atoms with Crippen LogP contribution in [0, 0.1) is 5.92 Å². The zero-order valence-corrected chi connectivity index (χ0v) is 12.8. The molecule has 0 aromatic carbocycles. The maximum Gasteiger partial charge on any atom is 0.214 e. The van der Waals surface area contributed by atoms with Gasteiger partial charge < -0.3 is 9.84 Å². The molecule has 0 spiro atoms. The van der Waals surface area contributed by atoms with Crippen molar-refractivity contribution in [3.63, 3.8) is 0 Å². The fourth-order valence-corrected chi connectivity index (χ4v) is 3.05. The summed E-state index contributed by atoms with van der Waals surface area (Å²) in [7, 11) is 0. The Morgan fingerprint density at radius 2 is 2.15 bits per heavy atom. The van der Waals surface area contributed by atoms with Crippen LogP contribution in [0.2, 0.25) is 0 Å². The van der Waals surface area contributed by atoms with Gasteiger partial charge >= 0.3 is 0 Å². The molecule has 1 aliphatic carbocycles. The van der Waals surface area contributed by atoms with Crippen molar-refractivity contribution in [3.8, 4) is 5.88 Å². The molecule has 2 rings (SSSR count). The lowest BCUT2D eigenvalue weighted by Gasteiger charge is -2.28. The first kappa shape index (κ1) is 15.3. The summed E-state index contributed by atoms with van der Waals surface area (Å²) in [4.78, 5) is 4.58. The predicted molar refractivity (Wildman–Crippen MR) is 80.8 cm³/mol. The molecule has 0 bridgehead atoms. The normalized spacial score (nSPS) is 22.8. The molecular formula is C17H27NO2. The third kappa shape index (κ3) is 4.20. The number of ether oxygens (including phenoxy) is 1. The molecule has 2 unspecified atom stereocenters. The summed E-state index contributed by atoms with van der Waals surface area (Å²) in [5, 5.41) is 9.36. The minimum absolute atomic E-state index is 0.0534. The van der Waals surface area contributed by atoms with Crippen LogP contribution in [0.15, 0.2) is 12.1 Å². The smallest absolute Gasteiger partial charge is 0.214 e. The summed E-state index contributed by atoms with van der Waals surface area (Å²) in [5.41, 5.74) is 1.93. The molecular weight excluding hydrogens is 250 g/mol. The van der Waals surface area contributed by atoms with Crippen LogP contribution in [-0.4, -0.2) is 16.2 Å². The standard InChI is InChI=1S/C17H27NO2/c1-3-6-15-9-14(12-19)11-17(18-15)20-16-8-5-7-13(4-2)10-16/h9,11,13,16,19H,3-8,10,12H2,1-2H3. The zero-order chi connectivity index (χ0) is 14.4. The molecule has 0 saturated heterocycles. The van der Waals surface area contributed by atoms with Crippen LogP contribution < -0.4 is 4.74 Å². The largest absolute Gasteiger partial charge is 0.474 e. The molecule has 2 atom stereocenters. The Balaban J connectivity index is 2.05. The Bertz CT molecular complexity index is 419. The summed E-state index contributed by atoms with van der Waals surface area (Å²) in [5.74, 6) is 1.49. The van der Waals surface area contributed by atoms with E-state index in [0.29, 0.717) is 12.0 Å². The van der Waals surface area contributed by atoms with Crippen LogP contribution in [0.5, 0.6) is 5.88 Å². The average Bonchev–Trinajstić information content (AvgIpc) is 2.47. The third-order valence-corrected chi connectivity index (χ3v) is 4.20. The van der Waals surface area contributed by atoms with E-state index in [1.54, 1.807) is 0 Å². The van der Waals surface area contributed by atoms with E-state index >= 15 is 0 Å². The van der Waals surface area contributed by atoms with Crippen LogP contribution >= 0.6 is 0 Å². The highest BCUT2D eigenvalue weighted by Crippen LogP contribution is 2.29. The van der Waals surface area contributed by atoms with Crippen LogP contribution in [0.3, 0.4) is 0 Å². The molecule has 1 saturated carbocycles. The number of rotatable bonds is 6. The monoisotopic (exact) mass is 277 g/mol. The van der Waals surface area contributed by atoms with Crippen molar-refractivity contribution >= 4 is 0 Å². The molecule has 20 heavy (non-hydrogen) atoms. The molecule has 1 fully saturated rings. The molecule has 112 valence electrons. The Morgan fingerprint density at radius 3 is 2.85 bits per heavy atom. The fraction of sp³-hybridized carbons (Fsp3) is 0.706. The number of nitrogens with zero attached hydrogens (tertiary/aromatic N) is 1. The van der Waals surface area contributed by atoms with Crippen LogP contribution in [0.25, 0.3) is 0 Å². The minimum atomic E-state index is 0.0534. The van der Waals surface area contributed by atoms with Gasteiger partial charge in [0.15, 0.2) is 0 Å². The molecule has 0 radical (unpaired) electrons. The number of aliphatic hydroxyl groups is 1. The van der Waals surface area contributed by atoms with Crippen molar-refractivity contribution in [2.75, 3.05) is 0 Å². The molecule has 0 amide bonds. The molecule has 3 heteroatoms. The molecule has 1 aliphatic rings. The van der Waals surface area contributed by atoms with Crippen molar-refractivity contribution in [3.05, 3.63) is 23.4 Å². The van der Waals surface area contributed by atoms with E-state index in [9.17, 15) is 5.11 Å². The van der Waals surface area contributed by atoms with Crippen molar-refractivity contribution in [1.29, 1.82) is 0 Å². The first-order valence-corrected chi connectivity index (χ1v) is 8.02. The zero-order valence-electron chi connectivity index (χ0n) is 12.8. The molecule has 1 aromatic rings. The van der Waals surface area contributed by atoms with Crippen molar-refractivity contribution < 1.29 is 9.84 Å². The van der Waals surface area contributed by atoms with Gasteiger partial charge in [0, 0.05) is 11.8 Å². The molecule has 1 heterocycles. The number of hydrogen-bond donors (Lipinski definition) is 1. The van der Waals surface area contributed by atoms with Crippen LogP contribution in [-0.2, 0) is 13.0 Å². The molecule has 0 aliphatic heterocycles. The van der Waals surface area contributed by atoms with Gasteiger partial charge in [0.1, 0.15) is 6.10 Å². The highest BCUT2D eigenvalue weighted by atomic mass is 16.5. The first-order chi connectivity index (χ1) is 9.75. The third-order valence-electron chi connectivity index (χ3n) is 4.20. The van der Waals surface area contributed by atoms with Gasteiger partial charge in [-0.25, -0.2) is 4.98 Å². The van der Waals surface area contributed by atoms with E-state index in [1.807, 2.05) is 12.1 Å². The average molecular weight is 277 g/mol. The van der Waals surface area contributed by atoms with Gasteiger partial charge in [-0.2, -0.15) is 0 Å². The van der Waals surface area contributed by atoms with E-state index in [-0.39, 0.29) is 6.61 Å². The highest BCUT2D eigenvalue weighted by Gasteiger charge is 2.22. The van der Waals surface area contributed by atoms with E-state index < -0.39 is 0 Å². The maximum atomic E-state index is 9.36. The molecule has 3 nitrogen and oxygen atoms in total. The molecule has 1 N–H and O–H groups in total. The minimum Gasteiger partial charge on any atom is -0.474 e. The van der Waals surface area contributed by atoms with Gasteiger partial charge in [-0.1, -0.05) is 33.1 Å². The number of hydrogen-bond acceptors (Lipinski definition) is 3. The topological polar surface area (TPSA) is 42.4 Å². The first-order valence-electron chi connectivity index (χ1n) is 8.02. The fourth-order valence-electron chi connectivity index (χ4n) is 3.05. The number of aliphatic hydroxyl groups excluding tert-OH is 1. The second-order valence-corrected chi connectivity index (χ2v) is 5.89. The van der Waals surface area contributed by atoms with Gasteiger partial charge in [-0.3, -0.25) is 0 Å². The summed E-state index contributed by atoms with van der Waals surface area (Å²) < 4.78 is 6.09. The van der Waals surface area contributed by atoms with Gasteiger partial charge in [0.05, 0.1) is 6.61 Å². The predicted octanol–water partition coefficient (Wildman–Crippen LogP) is 3.87. The summed E-state index contributed by atoms with van der Waals surface area (Å²) in [6.07, 6.45) is 8.39. The quantitative estimate of drug-likeness (QED) is 0.858. The van der Waals surface area contributed by atoms with E-state index in [2.05, 4.69) is 18.8 Å². The second kappa shape index (κ2) is 7.63. The summed E-state index contributed by atoms with van der Waals surface area (Å²) >= 11 is 0. The number of pyridine rings is 1. The summed E-state index contributed by atoms with van der Waals surface area (Å²) in [6, 6.07) is 3.86. The van der Waals surface area contributed by atoms with Crippen LogP contribution in [0.1, 0.15) is 63.6 Å². The number of aromatic nitrogens is 1. The second-order valence-electron chi connectivity index (χ2n) is 5.89. The van der Waals surface area contributed by atoms with E-state index in [4.69, 9.17) is 4.74 Å².